The van der Waals surface area contributed by atoms with E-state index in [0.29, 0.717) is 19.1 Å². The Morgan fingerprint density at radius 1 is 1.60 bits per heavy atom. The van der Waals surface area contributed by atoms with E-state index in [9.17, 15) is 4.79 Å². The molecule has 3 N–H and O–H groups in total. The molecule has 15 heavy (non-hydrogen) atoms. The Hall–Kier alpha value is -0.610. The summed E-state index contributed by atoms with van der Waals surface area (Å²) in [7, 11) is 1.63. The molecule has 0 heterocycles. The summed E-state index contributed by atoms with van der Waals surface area (Å²) in [5, 5.41) is 2.92. The van der Waals surface area contributed by atoms with Gasteiger partial charge in [-0.1, -0.05) is 6.92 Å². The lowest BCUT2D eigenvalue weighted by Gasteiger charge is -2.13. The van der Waals surface area contributed by atoms with E-state index in [2.05, 4.69) is 5.32 Å². The van der Waals surface area contributed by atoms with Crippen LogP contribution in [0.2, 0.25) is 0 Å². The maximum Gasteiger partial charge on any atom is 0.223 e. The van der Waals surface area contributed by atoms with E-state index in [4.69, 9.17) is 10.5 Å². The summed E-state index contributed by atoms with van der Waals surface area (Å²) in [6.45, 7) is 3.20. The van der Waals surface area contributed by atoms with Crippen molar-refractivity contribution in [1.29, 1.82) is 0 Å². The Balaban J connectivity index is 2.05. The number of nitrogens with two attached hydrogens (primary N) is 1. The first-order chi connectivity index (χ1) is 7.15. The summed E-state index contributed by atoms with van der Waals surface area (Å²) in [5.41, 5.74) is 5.74. The van der Waals surface area contributed by atoms with Crippen molar-refractivity contribution in [3.63, 3.8) is 0 Å². The zero-order chi connectivity index (χ0) is 11.3. The number of hydrogen-bond acceptors (Lipinski definition) is 3. The van der Waals surface area contributed by atoms with Crippen molar-refractivity contribution >= 4 is 5.91 Å². The first kappa shape index (κ1) is 12.5. The average molecular weight is 214 g/mol. The standard InChI is InChI=1S/C11H22N2O2/c1-8(9-3-4-9)11(14)13-6-5-10(12)7-15-2/h8-10H,3-7,12H2,1-2H3,(H,13,14). The number of ether oxygens (including phenoxy) is 1. The molecule has 0 aliphatic heterocycles. The zero-order valence-electron chi connectivity index (χ0n) is 9.66. The molecular weight excluding hydrogens is 192 g/mol. The summed E-state index contributed by atoms with van der Waals surface area (Å²) >= 11 is 0. The fraction of sp³-hybridized carbons (Fsp3) is 0.909. The summed E-state index contributed by atoms with van der Waals surface area (Å²) in [6, 6.07) is 0.0199. The van der Waals surface area contributed by atoms with Crippen molar-refractivity contribution in [2.45, 2.75) is 32.2 Å². The first-order valence-electron chi connectivity index (χ1n) is 5.67. The van der Waals surface area contributed by atoms with Crippen molar-refractivity contribution < 1.29 is 9.53 Å². The minimum absolute atomic E-state index is 0.0199. The van der Waals surface area contributed by atoms with Crippen LogP contribution < -0.4 is 11.1 Å². The Morgan fingerprint density at radius 2 is 2.27 bits per heavy atom. The molecule has 0 spiro atoms. The van der Waals surface area contributed by atoms with Gasteiger partial charge in [0.2, 0.25) is 5.91 Å². The van der Waals surface area contributed by atoms with Crippen LogP contribution in [0.1, 0.15) is 26.2 Å². The highest BCUT2D eigenvalue weighted by molar-refractivity contribution is 5.78. The number of methoxy groups -OCH3 is 1. The van der Waals surface area contributed by atoms with Gasteiger partial charge in [0, 0.05) is 25.6 Å². The molecule has 1 saturated carbocycles. The van der Waals surface area contributed by atoms with Crippen LogP contribution in [0.15, 0.2) is 0 Å². The molecular formula is C11H22N2O2. The Morgan fingerprint density at radius 3 is 2.80 bits per heavy atom. The van der Waals surface area contributed by atoms with Gasteiger partial charge in [0.1, 0.15) is 0 Å². The SMILES string of the molecule is COCC(N)CCNC(=O)C(C)C1CC1. The van der Waals surface area contributed by atoms with Gasteiger partial charge in [-0.25, -0.2) is 0 Å². The van der Waals surface area contributed by atoms with E-state index in [1.54, 1.807) is 7.11 Å². The van der Waals surface area contributed by atoms with Crippen molar-refractivity contribution in [2.24, 2.45) is 17.6 Å². The van der Waals surface area contributed by atoms with Crippen molar-refractivity contribution in [3.8, 4) is 0 Å². The highest BCUT2D eigenvalue weighted by Crippen LogP contribution is 2.36. The van der Waals surface area contributed by atoms with E-state index < -0.39 is 0 Å². The molecule has 4 heteroatoms. The minimum atomic E-state index is 0.0199. The van der Waals surface area contributed by atoms with Gasteiger partial charge in [0.05, 0.1) is 6.61 Å². The predicted molar refractivity (Wildman–Crippen MR) is 59.4 cm³/mol. The largest absolute Gasteiger partial charge is 0.383 e. The van der Waals surface area contributed by atoms with Gasteiger partial charge in [0.25, 0.3) is 0 Å². The molecule has 0 aromatic rings. The smallest absolute Gasteiger partial charge is 0.223 e. The van der Waals surface area contributed by atoms with Gasteiger partial charge in [0.15, 0.2) is 0 Å². The normalized spacial score (nSPS) is 19.7. The van der Waals surface area contributed by atoms with E-state index >= 15 is 0 Å². The Bertz CT molecular complexity index is 205. The summed E-state index contributed by atoms with van der Waals surface area (Å²) in [4.78, 5) is 11.6. The maximum atomic E-state index is 11.6. The molecule has 1 fully saturated rings. The predicted octanol–water partition coefficient (Wildman–Crippen LogP) is 0.513. The zero-order valence-corrected chi connectivity index (χ0v) is 9.66. The molecule has 2 unspecified atom stereocenters. The van der Waals surface area contributed by atoms with Gasteiger partial charge in [-0.3, -0.25) is 4.79 Å². The van der Waals surface area contributed by atoms with Crippen molar-refractivity contribution in [2.75, 3.05) is 20.3 Å². The number of carbonyl (C=O) groups excluding carboxylic acids is 1. The second-order valence-electron chi connectivity index (χ2n) is 4.42. The lowest BCUT2D eigenvalue weighted by molar-refractivity contribution is -0.125. The highest BCUT2D eigenvalue weighted by atomic mass is 16.5. The van der Waals surface area contributed by atoms with Crippen LogP contribution in [0.25, 0.3) is 0 Å². The van der Waals surface area contributed by atoms with Crippen LogP contribution in [0.5, 0.6) is 0 Å². The quantitative estimate of drug-likeness (QED) is 0.649. The van der Waals surface area contributed by atoms with Gasteiger partial charge in [-0.15, -0.1) is 0 Å². The molecule has 1 rings (SSSR count). The maximum absolute atomic E-state index is 11.6. The molecule has 1 amide bonds. The van der Waals surface area contributed by atoms with Crippen LogP contribution in [-0.4, -0.2) is 32.2 Å². The third-order valence-electron chi connectivity index (χ3n) is 2.94. The van der Waals surface area contributed by atoms with Crippen LogP contribution in [0.4, 0.5) is 0 Å². The lowest BCUT2D eigenvalue weighted by atomic mass is 10.1. The van der Waals surface area contributed by atoms with Crippen molar-refractivity contribution in [1.82, 2.24) is 5.32 Å². The molecule has 4 nitrogen and oxygen atoms in total. The van der Waals surface area contributed by atoms with Crippen LogP contribution in [-0.2, 0) is 9.53 Å². The summed E-state index contributed by atoms with van der Waals surface area (Å²) in [6.07, 6.45) is 3.19. The third-order valence-corrected chi connectivity index (χ3v) is 2.94. The number of rotatable bonds is 7. The van der Waals surface area contributed by atoms with Gasteiger partial charge in [-0.2, -0.15) is 0 Å². The van der Waals surface area contributed by atoms with Gasteiger partial charge >= 0.3 is 0 Å². The molecule has 1 aliphatic rings. The van der Waals surface area contributed by atoms with Gasteiger partial charge < -0.3 is 15.8 Å². The molecule has 2 atom stereocenters. The number of nitrogens with one attached hydrogen (secondary N) is 1. The number of carbonyl (C=O) groups is 1. The van der Waals surface area contributed by atoms with Crippen LogP contribution >= 0.6 is 0 Å². The molecule has 0 saturated heterocycles. The monoisotopic (exact) mass is 214 g/mol. The van der Waals surface area contributed by atoms with E-state index in [-0.39, 0.29) is 17.9 Å². The van der Waals surface area contributed by atoms with E-state index in [1.165, 1.54) is 12.8 Å². The van der Waals surface area contributed by atoms with Gasteiger partial charge in [-0.05, 0) is 25.2 Å². The minimum Gasteiger partial charge on any atom is -0.383 e. The topological polar surface area (TPSA) is 64.3 Å². The second-order valence-corrected chi connectivity index (χ2v) is 4.42. The van der Waals surface area contributed by atoms with Crippen LogP contribution in [0, 0.1) is 11.8 Å². The van der Waals surface area contributed by atoms with Crippen LogP contribution in [0.3, 0.4) is 0 Å². The molecule has 0 bridgehead atoms. The third kappa shape index (κ3) is 4.62. The second kappa shape index (κ2) is 6.08. The average Bonchev–Trinajstić information content (AvgIpc) is 3.00. The van der Waals surface area contributed by atoms with E-state index in [0.717, 1.165) is 6.42 Å². The summed E-state index contributed by atoms with van der Waals surface area (Å²) in [5.74, 6) is 0.961. The molecule has 0 aromatic heterocycles. The first-order valence-corrected chi connectivity index (χ1v) is 5.67. The fourth-order valence-corrected chi connectivity index (χ4v) is 1.65. The molecule has 1 aliphatic carbocycles. The number of hydrogen-bond donors (Lipinski definition) is 2. The highest BCUT2D eigenvalue weighted by Gasteiger charge is 2.32. The number of amides is 1. The van der Waals surface area contributed by atoms with E-state index in [1.807, 2.05) is 6.92 Å². The molecule has 88 valence electrons. The van der Waals surface area contributed by atoms with Crippen molar-refractivity contribution in [3.05, 3.63) is 0 Å². The lowest BCUT2D eigenvalue weighted by Crippen LogP contribution is -2.35. The Labute approximate surface area is 91.5 Å². The molecule has 0 aromatic carbocycles. The Kier molecular flexibility index (Phi) is 5.05. The molecule has 0 radical (unpaired) electrons. The summed E-state index contributed by atoms with van der Waals surface area (Å²) < 4.78 is 4.92. The fourth-order valence-electron chi connectivity index (χ4n) is 1.65.